The Balaban J connectivity index is 1.29. The Morgan fingerprint density at radius 3 is 3.17 bits per heavy atom. The number of benzene rings is 1. The number of aromatic nitrogens is 2. The maximum atomic E-state index is 12.1. The summed E-state index contributed by atoms with van der Waals surface area (Å²) in [4.78, 5) is 16.4. The van der Waals surface area contributed by atoms with Crippen LogP contribution in [0.2, 0.25) is 0 Å². The number of nitrogens with one attached hydrogen (secondary N) is 1. The standard InChI is InChI=1S/C18H21N3O2/c22-18(20-15-5-7-17-19-8-9-21(17)11-15)12-23-16-6-4-13-2-1-3-14(13)10-16/h4,6,8-10,15H,1-3,5,7,11-12H2,(H,20,22). The van der Waals surface area contributed by atoms with E-state index >= 15 is 0 Å². The third-order valence-corrected chi connectivity index (χ3v) is 4.74. The zero-order chi connectivity index (χ0) is 15.6. The smallest absolute Gasteiger partial charge is 0.258 e. The molecule has 1 amide bonds. The molecule has 1 aromatic carbocycles. The summed E-state index contributed by atoms with van der Waals surface area (Å²) in [5.74, 6) is 1.84. The van der Waals surface area contributed by atoms with Gasteiger partial charge in [0, 0.05) is 31.4 Å². The summed E-state index contributed by atoms with van der Waals surface area (Å²) in [5.41, 5.74) is 2.78. The van der Waals surface area contributed by atoms with Crippen LogP contribution in [0.25, 0.3) is 0 Å². The Labute approximate surface area is 135 Å². The second kappa shape index (κ2) is 6.07. The molecular formula is C18H21N3O2. The number of ether oxygens (including phenoxy) is 1. The average molecular weight is 311 g/mol. The van der Waals surface area contributed by atoms with E-state index in [-0.39, 0.29) is 18.6 Å². The molecule has 4 rings (SSSR count). The summed E-state index contributed by atoms with van der Waals surface area (Å²) in [5, 5.41) is 3.06. The SMILES string of the molecule is O=C(COc1ccc2c(c1)CCC2)NC1CCc2nccn2C1. The van der Waals surface area contributed by atoms with Gasteiger partial charge in [0.15, 0.2) is 6.61 Å². The summed E-state index contributed by atoms with van der Waals surface area (Å²) in [7, 11) is 0. The summed E-state index contributed by atoms with van der Waals surface area (Å²) in [6.07, 6.45) is 9.12. The Morgan fingerprint density at radius 2 is 2.22 bits per heavy atom. The molecule has 0 saturated carbocycles. The fourth-order valence-electron chi connectivity index (χ4n) is 3.54. The second-order valence-corrected chi connectivity index (χ2v) is 6.37. The lowest BCUT2D eigenvalue weighted by molar-refractivity contribution is -0.124. The van der Waals surface area contributed by atoms with Gasteiger partial charge in [-0.05, 0) is 48.9 Å². The topological polar surface area (TPSA) is 56.1 Å². The van der Waals surface area contributed by atoms with Crippen LogP contribution in [-0.2, 0) is 30.6 Å². The molecule has 23 heavy (non-hydrogen) atoms. The van der Waals surface area contributed by atoms with Crippen molar-refractivity contribution < 1.29 is 9.53 Å². The molecule has 1 N–H and O–H groups in total. The molecular weight excluding hydrogens is 290 g/mol. The van der Waals surface area contributed by atoms with Crippen LogP contribution in [0, 0.1) is 0 Å². The highest BCUT2D eigenvalue weighted by Crippen LogP contribution is 2.25. The van der Waals surface area contributed by atoms with Crippen molar-refractivity contribution in [1.29, 1.82) is 0 Å². The third kappa shape index (κ3) is 3.09. The fourth-order valence-corrected chi connectivity index (χ4v) is 3.54. The van der Waals surface area contributed by atoms with E-state index in [4.69, 9.17) is 4.74 Å². The van der Waals surface area contributed by atoms with Crippen molar-refractivity contribution in [2.24, 2.45) is 0 Å². The molecule has 1 unspecified atom stereocenters. The number of rotatable bonds is 4. The van der Waals surface area contributed by atoms with Crippen molar-refractivity contribution in [3.63, 3.8) is 0 Å². The van der Waals surface area contributed by atoms with E-state index in [2.05, 4.69) is 27.0 Å². The predicted octanol–water partition coefficient (Wildman–Crippen LogP) is 1.88. The van der Waals surface area contributed by atoms with Crippen LogP contribution < -0.4 is 10.1 Å². The number of carbonyl (C=O) groups excluding carboxylic acids is 1. The number of nitrogens with zero attached hydrogens (tertiary/aromatic N) is 2. The van der Waals surface area contributed by atoms with Gasteiger partial charge < -0.3 is 14.6 Å². The van der Waals surface area contributed by atoms with Crippen LogP contribution in [0.1, 0.15) is 29.8 Å². The van der Waals surface area contributed by atoms with Crippen LogP contribution in [0.3, 0.4) is 0 Å². The lowest BCUT2D eigenvalue weighted by Gasteiger charge is -2.24. The molecule has 1 aliphatic carbocycles. The Morgan fingerprint density at radius 1 is 1.30 bits per heavy atom. The monoisotopic (exact) mass is 311 g/mol. The Kier molecular flexibility index (Phi) is 3.77. The van der Waals surface area contributed by atoms with Crippen LogP contribution in [0.15, 0.2) is 30.6 Å². The van der Waals surface area contributed by atoms with Gasteiger partial charge in [0.05, 0.1) is 0 Å². The number of hydrogen-bond acceptors (Lipinski definition) is 3. The number of aryl methyl sites for hydroxylation is 3. The van der Waals surface area contributed by atoms with Gasteiger partial charge in [-0.15, -0.1) is 0 Å². The second-order valence-electron chi connectivity index (χ2n) is 6.37. The van der Waals surface area contributed by atoms with Gasteiger partial charge in [-0.3, -0.25) is 4.79 Å². The van der Waals surface area contributed by atoms with Crippen molar-refractivity contribution in [1.82, 2.24) is 14.9 Å². The van der Waals surface area contributed by atoms with Crippen LogP contribution in [0.4, 0.5) is 0 Å². The zero-order valence-electron chi connectivity index (χ0n) is 13.1. The van der Waals surface area contributed by atoms with E-state index in [0.29, 0.717) is 0 Å². The van der Waals surface area contributed by atoms with Crippen LogP contribution in [0.5, 0.6) is 5.75 Å². The molecule has 0 fully saturated rings. The van der Waals surface area contributed by atoms with Crippen molar-refractivity contribution in [2.45, 2.75) is 44.7 Å². The molecule has 120 valence electrons. The molecule has 1 aromatic heterocycles. The van der Waals surface area contributed by atoms with Gasteiger partial charge in [0.25, 0.3) is 5.91 Å². The summed E-state index contributed by atoms with van der Waals surface area (Å²) in [6, 6.07) is 6.33. The molecule has 1 aliphatic heterocycles. The first-order chi connectivity index (χ1) is 11.3. The normalized spacial score (nSPS) is 19.0. The van der Waals surface area contributed by atoms with E-state index in [1.807, 2.05) is 18.5 Å². The number of carbonyl (C=O) groups is 1. The van der Waals surface area contributed by atoms with E-state index in [9.17, 15) is 4.79 Å². The van der Waals surface area contributed by atoms with Gasteiger partial charge in [-0.2, -0.15) is 0 Å². The number of hydrogen-bond donors (Lipinski definition) is 1. The quantitative estimate of drug-likeness (QED) is 0.938. The molecule has 2 heterocycles. The first-order valence-corrected chi connectivity index (χ1v) is 8.32. The molecule has 0 bridgehead atoms. The largest absolute Gasteiger partial charge is 0.484 e. The number of imidazole rings is 1. The van der Waals surface area contributed by atoms with E-state index in [1.165, 1.54) is 17.5 Å². The fraction of sp³-hybridized carbons (Fsp3) is 0.444. The summed E-state index contributed by atoms with van der Waals surface area (Å²) < 4.78 is 7.76. The summed E-state index contributed by atoms with van der Waals surface area (Å²) >= 11 is 0. The summed E-state index contributed by atoms with van der Waals surface area (Å²) in [6.45, 7) is 0.867. The van der Waals surface area contributed by atoms with Gasteiger partial charge >= 0.3 is 0 Å². The van der Waals surface area contributed by atoms with Crippen molar-refractivity contribution in [3.05, 3.63) is 47.5 Å². The molecule has 2 aliphatic rings. The van der Waals surface area contributed by atoms with Crippen molar-refractivity contribution in [3.8, 4) is 5.75 Å². The first kappa shape index (κ1) is 14.3. The Hall–Kier alpha value is -2.30. The van der Waals surface area contributed by atoms with Crippen molar-refractivity contribution in [2.75, 3.05) is 6.61 Å². The Bertz CT molecular complexity index is 723. The van der Waals surface area contributed by atoms with Gasteiger partial charge in [-0.25, -0.2) is 4.98 Å². The average Bonchev–Trinajstić information content (AvgIpc) is 3.20. The molecule has 2 aromatic rings. The molecule has 1 atom stereocenters. The number of amides is 1. The van der Waals surface area contributed by atoms with Gasteiger partial charge in [-0.1, -0.05) is 6.07 Å². The van der Waals surface area contributed by atoms with E-state index in [0.717, 1.165) is 43.8 Å². The third-order valence-electron chi connectivity index (χ3n) is 4.74. The number of fused-ring (bicyclic) bond motifs is 2. The molecule has 0 spiro atoms. The predicted molar refractivity (Wildman–Crippen MR) is 86.4 cm³/mol. The molecule has 0 radical (unpaired) electrons. The minimum absolute atomic E-state index is 0.0564. The minimum Gasteiger partial charge on any atom is -0.484 e. The maximum absolute atomic E-state index is 12.1. The van der Waals surface area contributed by atoms with E-state index < -0.39 is 0 Å². The lowest BCUT2D eigenvalue weighted by Crippen LogP contribution is -2.42. The molecule has 0 saturated heterocycles. The molecule has 5 nitrogen and oxygen atoms in total. The van der Waals surface area contributed by atoms with Crippen LogP contribution >= 0.6 is 0 Å². The van der Waals surface area contributed by atoms with Gasteiger partial charge in [0.1, 0.15) is 11.6 Å². The lowest BCUT2D eigenvalue weighted by atomic mass is 10.1. The highest BCUT2D eigenvalue weighted by Gasteiger charge is 2.20. The van der Waals surface area contributed by atoms with Crippen LogP contribution in [-0.4, -0.2) is 28.1 Å². The minimum atomic E-state index is -0.0564. The highest BCUT2D eigenvalue weighted by molar-refractivity contribution is 5.77. The highest BCUT2D eigenvalue weighted by atomic mass is 16.5. The van der Waals surface area contributed by atoms with Crippen molar-refractivity contribution >= 4 is 5.91 Å². The van der Waals surface area contributed by atoms with Gasteiger partial charge in [0.2, 0.25) is 0 Å². The van der Waals surface area contributed by atoms with E-state index in [1.54, 1.807) is 0 Å². The maximum Gasteiger partial charge on any atom is 0.258 e. The molecule has 5 heteroatoms. The zero-order valence-corrected chi connectivity index (χ0v) is 13.1. The first-order valence-electron chi connectivity index (χ1n) is 8.32.